The normalized spacial score (nSPS) is 11.2. The van der Waals surface area contributed by atoms with Gasteiger partial charge in [0.2, 0.25) is 0 Å². The van der Waals surface area contributed by atoms with Crippen molar-refractivity contribution >= 4 is 5.97 Å². The Hall–Kier alpha value is -1.72. The van der Waals surface area contributed by atoms with Crippen molar-refractivity contribution in [1.29, 1.82) is 0 Å². The number of esters is 1. The van der Waals surface area contributed by atoms with Gasteiger partial charge in [-0.05, 0) is 30.7 Å². The van der Waals surface area contributed by atoms with Gasteiger partial charge in [-0.3, -0.25) is 0 Å². The van der Waals surface area contributed by atoms with Crippen LogP contribution in [-0.4, -0.2) is 25.4 Å². The molecule has 0 aliphatic heterocycles. The third-order valence-electron chi connectivity index (χ3n) is 2.48. The maximum absolute atomic E-state index is 11.9. The van der Waals surface area contributed by atoms with Crippen LogP contribution < -0.4 is 4.74 Å². The molecule has 0 aliphatic rings. The van der Waals surface area contributed by atoms with E-state index in [1.165, 1.54) is 24.3 Å². The van der Waals surface area contributed by atoms with Crippen LogP contribution in [0.3, 0.4) is 0 Å². The van der Waals surface area contributed by atoms with Crippen LogP contribution >= 0.6 is 0 Å². The zero-order valence-electron chi connectivity index (χ0n) is 11.2. The Kier molecular flexibility index (Phi) is 6.35. The van der Waals surface area contributed by atoms with Crippen LogP contribution in [0, 0.1) is 0 Å². The van der Waals surface area contributed by atoms with Gasteiger partial charge in [-0.25, -0.2) is 4.79 Å². The first-order valence-electron chi connectivity index (χ1n) is 6.39. The highest BCUT2D eigenvalue weighted by molar-refractivity contribution is 5.89. The molecule has 0 aliphatic carbocycles. The average Bonchev–Trinajstić information content (AvgIpc) is 2.38. The number of carbonyl (C=O) groups is 1. The number of ether oxygens (including phenoxy) is 2. The number of hydrogen-bond acceptors (Lipinski definition) is 3. The highest BCUT2D eigenvalue weighted by Gasteiger charge is 2.26. The zero-order chi connectivity index (χ0) is 15.0. The van der Waals surface area contributed by atoms with Gasteiger partial charge in [0, 0.05) is 0 Å². The van der Waals surface area contributed by atoms with E-state index in [2.05, 4.69) is 0 Å². The third-order valence-corrected chi connectivity index (χ3v) is 2.48. The molecule has 3 nitrogen and oxygen atoms in total. The first-order chi connectivity index (χ1) is 9.42. The van der Waals surface area contributed by atoms with Crippen molar-refractivity contribution in [2.45, 2.75) is 32.4 Å². The van der Waals surface area contributed by atoms with E-state index >= 15 is 0 Å². The Labute approximate surface area is 115 Å². The van der Waals surface area contributed by atoms with E-state index in [0.717, 1.165) is 12.8 Å². The Balaban J connectivity index is 2.41. The summed E-state index contributed by atoms with van der Waals surface area (Å²) in [5.74, 6) is -0.153. The van der Waals surface area contributed by atoms with Crippen molar-refractivity contribution < 1.29 is 27.4 Å². The van der Waals surface area contributed by atoms with Crippen LogP contribution in [0.25, 0.3) is 0 Å². The van der Waals surface area contributed by atoms with E-state index in [4.69, 9.17) is 9.47 Å². The van der Waals surface area contributed by atoms with Gasteiger partial charge in [-0.15, -0.1) is 0 Å². The van der Waals surface area contributed by atoms with E-state index < -0.39 is 25.2 Å². The van der Waals surface area contributed by atoms with E-state index in [-0.39, 0.29) is 0 Å². The van der Waals surface area contributed by atoms with Gasteiger partial charge in [0.1, 0.15) is 5.75 Å². The number of unbranched alkanes of at least 4 members (excludes halogenated alkanes) is 1. The maximum Gasteiger partial charge on any atom is 0.392 e. The Morgan fingerprint density at radius 2 is 1.80 bits per heavy atom. The van der Waals surface area contributed by atoms with Gasteiger partial charge in [-0.2, -0.15) is 13.2 Å². The SMILES string of the molecule is CCCCOC(=O)c1ccc(OCCC(F)(F)F)cc1. The fourth-order valence-electron chi connectivity index (χ4n) is 1.36. The van der Waals surface area contributed by atoms with Crippen LogP contribution in [0.1, 0.15) is 36.5 Å². The molecule has 0 fully saturated rings. The summed E-state index contributed by atoms with van der Waals surface area (Å²) in [4.78, 5) is 11.6. The summed E-state index contributed by atoms with van der Waals surface area (Å²) in [6.07, 6.45) is -3.51. The average molecular weight is 290 g/mol. The quantitative estimate of drug-likeness (QED) is 0.563. The molecule has 0 atom stereocenters. The number of rotatable bonds is 7. The number of alkyl halides is 3. The van der Waals surface area contributed by atoms with Gasteiger partial charge < -0.3 is 9.47 Å². The third kappa shape index (κ3) is 6.45. The molecule has 1 aromatic carbocycles. The molecule has 0 N–H and O–H groups in total. The van der Waals surface area contributed by atoms with Crippen molar-refractivity contribution in [2.75, 3.05) is 13.2 Å². The lowest BCUT2D eigenvalue weighted by Gasteiger charge is -2.09. The molecule has 0 heterocycles. The fourth-order valence-corrected chi connectivity index (χ4v) is 1.36. The summed E-state index contributed by atoms with van der Waals surface area (Å²) in [7, 11) is 0. The van der Waals surface area contributed by atoms with Gasteiger partial charge in [0.05, 0.1) is 25.2 Å². The van der Waals surface area contributed by atoms with Crippen LogP contribution in [0.5, 0.6) is 5.75 Å². The Bertz CT molecular complexity index is 413. The lowest BCUT2D eigenvalue weighted by atomic mass is 10.2. The Morgan fingerprint density at radius 1 is 1.15 bits per heavy atom. The monoisotopic (exact) mass is 290 g/mol. The Morgan fingerprint density at radius 3 is 2.35 bits per heavy atom. The topological polar surface area (TPSA) is 35.5 Å². The second-order valence-electron chi connectivity index (χ2n) is 4.23. The van der Waals surface area contributed by atoms with Crippen molar-refractivity contribution in [3.63, 3.8) is 0 Å². The summed E-state index contributed by atoms with van der Waals surface area (Å²) in [6, 6.07) is 5.84. The molecule has 1 rings (SSSR count). The van der Waals surface area contributed by atoms with E-state index in [0.29, 0.717) is 17.9 Å². The fraction of sp³-hybridized carbons (Fsp3) is 0.500. The van der Waals surface area contributed by atoms with Crippen LogP contribution in [0.2, 0.25) is 0 Å². The molecule has 112 valence electrons. The van der Waals surface area contributed by atoms with Gasteiger partial charge in [0.25, 0.3) is 0 Å². The number of carbonyl (C=O) groups excluding carboxylic acids is 1. The molecule has 0 unspecified atom stereocenters. The largest absolute Gasteiger partial charge is 0.493 e. The summed E-state index contributed by atoms with van der Waals surface area (Å²) in [6.45, 7) is 1.91. The molecule has 0 spiro atoms. The van der Waals surface area contributed by atoms with Crippen LogP contribution in [0.4, 0.5) is 13.2 Å². The first kappa shape index (κ1) is 16.3. The lowest BCUT2D eigenvalue weighted by molar-refractivity contribution is -0.139. The van der Waals surface area contributed by atoms with Crippen molar-refractivity contribution in [3.05, 3.63) is 29.8 Å². The van der Waals surface area contributed by atoms with E-state index in [9.17, 15) is 18.0 Å². The second kappa shape index (κ2) is 7.77. The summed E-state index contributed by atoms with van der Waals surface area (Å²) in [5, 5.41) is 0. The smallest absolute Gasteiger partial charge is 0.392 e. The molecule has 0 saturated carbocycles. The van der Waals surface area contributed by atoms with E-state index in [1.807, 2.05) is 6.92 Å². The molecule has 0 bridgehead atoms. The van der Waals surface area contributed by atoms with Crippen molar-refractivity contribution in [2.24, 2.45) is 0 Å². The zero-order valence-corrected chi connectivity index (χ0v) is 11.2. The predicted octanol–water partition coefficient (Wildman–Crippen LogP) is 3.97. The molecule has 0 aromatic heterocycles. The van der Waals surface area contributed by atoms with Gasteiger partial charge >= 0.3 is 12.1 Å². The van der Waals surface area contributed by atoms with Gasteiger partial charge in [-0.1, -0.05) is 13.3 Å². The summed E-state index contributed by atoms with van der Waals surface area (Å²) >= 11 is 0. The molecule has 1 aromatic rings. The second-order valence-corrected chi connectivity index (χ2v) is 4.23. The molecule has 0 saturated heterocycles. The van der Waals surface area contributed by atoms with Crippen LogP contribution in [0.15, 0.2) is 24.3 Å². The predicted molar refractivity (Wildman–Crippen MR) is 67.8 cm³/mol. The van der Waals surface area contributed by atoms with E-state index in [1.54, 1.807) is 0 Å². The van der Waals surface area contributed by atoms with Crippen molar-refractivity contribution in [1.82, 2.24) is 0 Å². The standard InChI is InChI=1S/C14H17F3O3/c1-2-3-9-20-13(18)11-4-6-12(7-5-11)19-10-8-14(15,16)17/h4-7H,2-3,8-10H2,1H3. The number of benzene rings is 1. The van der Waals surface area contributed by atoms with Crippen LogP contribution in [-0.2, 0) is 4.74 Å². The van der Waals surface area contributed by atoms with Gasteiger partial charge in [0.15, 0.2) is 0 Å². The van der Waals surface area contributed by atoms with Crippen molar-refractivity contribution in [3.8, 4) is 5.75 Å². The highest BCUT2D eigenvalue weighted by Crippen LogP contribution is 2.20. The minimum absolute atomic E-state index is 0.291. The summed E-state index contributed by atoms with van der Waals surface area (Å²) < 4.78 is 45.8. The highest BCUT2D eigenvalue weighted by atomic mass is 19.4. The molecular formula is C14H17F3O3. The lowest BCUT2D eigenvalue weighted by Crippen LogP contribution is -2.13. The maximum atomic E-state index is 11.9. The number of hydrogen-bond donors (Lipinski definition) is 0. The molecular weight excluding hydrogens is 273 g/mol. The molecule has 0 amide bonds. The number of halogens is 3. The first-order valence-corrected chi connectivity index (χ1v) is 6.39. The molecule has 20 heavy (non-hydrogen) atoms. The minimum atomic E-state index is -4.23. The minimum Gasteiger partial charge on any atom is -0.493 e. The summed E-state index contributed by atoms with van der Waals surface area (Å²) in [5.41, 5.74) is 0.351. The molecule has 0 radical (unpaired) electrons. The molecule has 6 heteroatoms.